The van der Waals surface area contributed by atoms with Crippen molar-refractivity contribution in [3.63, 3.8) is 0 Å². The number of carbonyl (C=O) groups excluding carboxylic acids is 2. The third-order valence-electron chi connectivity index (χ3n) is 3.36. The molecule has 0 unspecified atom stereocenters. The number of hydrogen-bond acceptors (Lipinski definition) is 6. The molecule has 0 fully saturated rings. The number of esters is 1. The van der Waals surface area contributed by atoms with Crippen LogP contribution in [-0.2, 0) is 9.53 Å². The molecule has 2 heterocycles. The van der Waals surface area contributed by atoms with Crippen LogP contribution >= 0.6 is 0 Å². The predicted octanol–water partition coefficient (Wildman–Crippen LogP) is 1.37. The van der Waals surface area contributed by atoms with Crippen molar-refractivity contribution < 1.29 is 19.4 Å². The average Bonchev–Trinajstić information content (AvgIpc) is 2.55. The summed E-state index contributed by atoms with van der Waals surface area (Å²) in [5.41, 5.74) is 2.71. The quantitative estimate of drug-likeness (QED) is 0.826. The summed E-state index contributed by atoms with van der Waals surface area (Å²) < 4.78 is 4.43. The second-order valence-electron chi connectivity index (χ2n) is 4.94. The molecule has 1 amide bonds. The Labute approximate surface area is 133 Å². The van der Waals surface area contributed by atoms with E-state index in [2.05, 4.69) is 20.0 Å². The van der Waals surface area contributed by atoms with Crippen LogP contribution in [0.4, 0.5) is 0 Å². The Hall–Kier alpha value is -2.96. The highest BCUT2D eigenvalue weighted by molar-refractivity contribution is 5.97. The topological polar surface area (TPSA) is 101 Å². The number of rotatable bonds is 4. The minimum atomic E-state index is -0.649. The van der Waals surface area contributed by atoms with Crippen molar-refractivity contribution in [3.05, 3.63) is 41.5 Å². The number of nitrogens with zero attached hydrogens (tertiary/aromatic N) is 2. The summed E-state index contributed by atoms with van der Waals surface area (Å²) in [6.07, 6.45) is 3.17. The fraction of sp³-hybridized carbons (Fsp3) is 0.250. The first-order valence-corrected chi connectivity index (χ1v) is 6.90. The number of methoxy groups -OCH3 is 1. The number of aromatic nitrogens is 2. The van der Waals surface area contributed by atoms with Crippen molar-refractivity contribution >= 4 is 11.9 Å². The van der Waals surface area contributed by atoms with E-state index < -0.39 is 11.9 Å². The molecular weight excluding hydrogens is 298 g/mol. The molecule has 0 bridgehead atoms. The molecule has 0 atom stereocenters. The maximum absolute atomic E-state index is 12.0. The van der Waals surface area contributed by atoms with Crippen LogP contribution in [0.1, 0.15) is 21.7 Å². The Balaban J connectivity index is 2.28. The summed E-state index contributed by atoms with van der Waals surface area (Å²) in [4.78, 5) is 31.2. The lowest BCUT2D eigenvalue weighted by Gasteiger charge is -2.11. The van der Waals surface area contributed by atoms with Crippen LogP contribution in [0.5, 0.6) is 5.75 Å². The highest BCUT2D eigenvalue weighted by atomic mass is 16.5. The first kappa shape index (κ1) is 16.4. The van der Waals surface area contributed by atoms with Gasteiger partial charge in [-0.3, -0.25) is 14.6 Å². The number of carbonyl (C=O) groups is 2. The molecule has 7 nitrogen and oxygen atoms in total. The molecule has 0 aromatic carbocycles. The molecule has 120 valence electrons. The Morgan fingerprint density at radius 3 is 2.57 bits per heavy atom. The zero-order valence-corrected chi connectivity index (χ0v) is 13.1. The predicted molar refractivity (Wildman–Crippen MR) is 83.0 cm³/mol. The van der Waals surface area contributed by atoms with Crippen LogP contribution in [0.2, 0.25) is 0 Å². The Morgan fingerprint density at radius 2 is 1.96 bits per heavy atom. The van der Waals surface area contributed by atoms with Crippen molar-refractivity contribution in [2.24, 2.45) is 0 Å². The number of aromatic hydroxyl groups is 1. The Kier molecular flexibility index (Phi) is 4.90. The lowest BCUT2D eigenvalue weighted by molar-refractivity contribution is -0.139. The molecule has 2 rings (SSSR count). The monoisotopic (exact) mass is 315 g/mol. The lowest BCUT2D eigenvalue weighted by Crippen LogP contribution is -2.30. The third-order valence-corrected chi connectivity index (χ3v) is 3.36. The van der Waals surface area contributed by atoms with Crippen LogP contribution in [0.15, 0.2) is 24.5 Å². The van der Waals surface area contributed by atoms with Gasteiger partial charge in [0.1, 0.15) is 12.3 Å². The van der Waals surface area contributed by atoms with E-state index in [1.54, 1.807) is 13.1 Å². The molecule has 2 N–H and O–H groups in total. The molecule has 0 aliphatic heterocycles. The molecule has 2 aromatic heterocycles. The van der Waals surface area contributed by atoms with Gasteiger partial charge in [-0.05, 0) is 19.9 Å². The summed E-state index contributed by atoms with van der Waals surface area (Å²) in [5.74, 6) is -1.47. The van der Waals surface area contributed by atoms with Gasteiger partial charge in [-0.25, -0.2) is 4.98 Å². The molecule has 0 aliphatic carbocycles. The number of ether oxygens (including phenoxy) is 1. The smallest absolute Gasteiger partial charge is 0.325 e. The minimum absolute atomic E-state index is 0.143. The number of aryl methyl sites for hydroxylation is 1. The van der Waals surface area contributed by atoms with Gasteiger partial charge in [0.15, 0.2) is 5.69 Å². The van der Waals surface area contributed by atoms with Gasteiger partial charge in [-0.2, -0.15) is 0 Å². The van der Waals surface area contributed by atoms with Crippen LogP contribution in [0, 0.1) is 13.8 Å². The van der Waals surface area contributed by atoms with Gasteiger partial charge < -0.3 is 15.2 Å². The van der Waals surface area contributed by atoms with E-state index in [1.807, 2.05) is 19.1 Å². The van der Waals surface area contributed by atoms with Crippen LogP contribution < -0.4 is 5.32 Å². The molecule has 0 radical (unpaired) electrons. The van der Waals surface area contributed by atoms with E-state index in [4.69, 9.17) is 0 Å². The number of amides is 1. The second-order valence-corrected chi connectivity index (χ2v) is 4.94. The molecule has 2 aromatic rings. The molecule has 0 spiro atoms. The van der Waals surface area contributed by atoms with Gasteiger partial charge in [0, 0.05) is 34.8 Å². The maximum Gasteiger partial charge on any atom is 0.325 e. The summed E-state index contributed by atoms with van der Waals surface area (Å²) in [5, 5.41) is 12.6. The van der Waals surface area contributed by atoms with Crippen LogP contribution in [0.25, 0.3) is 11.1 Å². The lowest BCUT2D eigenvalue weighted by atomic mass is 10.0. The van der Waals surface area contributed by atoms with Crippen molar-refractivity contribution in [1.82, 2.24) is 15.3 Å². The van der Waals surface area contributed by atoms with E-state index >= 15 is 0 Å². The van der Waals surface area contributed by atoms with Gasteiger partial charge in [0.2, 0.25) is 0 Å². The van der Waals surface area contributed by atoms with E-state index in [0.717, 1.165) is 11.3 Å². The highest BCUT2D eigenvalue weighted by Crippen LogP contribution is 2.30. The maximum atomic E-state index is 12.0. The van der Waals surface area contributed by atoms with Crippen LogP contribution in [-0.4, -0.2) is 40.6 Å². The summed E-state index contributed by atoms with van der Waals surface area (Å²) in [6.45, 7) is 3.27. The standard InChI is InChI=1S/C16H17N3O4/c1-9-4-5-11(6-17-9)12-7-18-14(15(21)10(12)2)16(22)19-8-13(20)23-3/h4-7,21H,8H2,1-3H3,(H,19,22). The second kappa shape index (κ2) is 6.87. The normalized spacial score (nSPS) is 10.2. The molecule has 0 saturated carbocycles. The first-order valence-electron chi connectivity index (χ1n) is 6.90. The number of pyridine rings is 2. The van der Waals surface area contributed by atoms with Gasteiger partial charge in [0.05, 0.1) is 7.11 Å². The summed E-state index contributed by atoms with van der Waals surface area (Å²) in [7, 11) is 1.22. The van der Waals surface area contributed by atoms with Crippen molar-refractivity contribution in [2.45, 2.75) is 13.8 Å². The fourth-order valence-corrected chi connectivity index (χ4v) is 1.98. The van der Waals surface area contributed by atoms with E-state index in [0.29, 0.717) is 11.1 Å². The molecule has 7 heteroatoms. The largest absolute Gasteiger partial charge is 0.505 e. The SMILES string of the molecule is COC(=O)CNC(=O)c1ncc(-c2ccc(C)nc2)c(C)c1O. The van der Waals surface area contributed by atoms with E-state index in [-0.39, 0.29) is 18.0 Å². The zero-order chi connectivity index (χ0) is 17.0. The van der Waals surface area contributed by atoms with Gasteiger partial charge in [-0.1, -0.05) is 6.07 Å². The van der Waals surface area contributed by atoms with Crippen molar-refractivity contribution in [2.75, 3.05) is 13.7 Å². The Bertz CT molecular complexity index is 742. The zero-order valence-electron chi connectivity index (χ0n) is 13.1. The van der Waals surface area contributed by atoms with E-state index in [9.17, 15) is 14.7 Å². The van der Waals surface area contributed by atoms with Gasteiger partial charge in [-0.15, -0.1) is 0 Å². The Morgan fingerprint density at radius 1 is 1.22 bits per heavy atom. The molecule has 0 saturated heterocycles. The number of nitrogens with one attached hydrogen (secondary N) is 1. The minimum Gasteiger partial charge on any atom is -0.505 e. The number of hydrogen-bond donors (Lipinski definition) is 2. The van der Waals surface area contributed by atoms with Gasteiger partial charge in [0.25, 0.3) is 5.91 Å². The van der Waals surface area contributed by atoms with Crippen LogP contribution in [0.3, 0.4) is 0 Å². The third kappa shape index (κ3) is 3.63. The molecule has 23 heavy (non-hydrogen) atoms. The average molecular weight is 315 g/mol. The summed E-state index contributed by atoms with van der Waals surface area (Å²) >= 11 is 0. The van der Waals surface area contributed by atoms with E-state index in [1.165, 1.54) is 13.3 Å². The summed E-state index contributed by atoms with van der Waals surface area (Å²) in [6, 6.07) is 3.71. The van der Waals surface area contributed by atoms with Gasteiger partial charge >= 0.3 is 5.97 Å². The highest BCUT2D eigenvalue weighted by Gasteiger charge is 2.18. The molecule has 0 aliphatic rings. The molecular formula is C16H17N3O4. The first-order chi connectivity index (χ1) is 10.9. The van der Waals surface area contributed by atoms with Crippen molar-refractivity contribution in [3.8, 4) is 16.9 Å². The van der Waals surface area contributed by atoms with Crippen molar-refractivity contribution in [1.29, 1.82) is 0 Å². The fourth-order valence-electron chi connectivity index (χ4n) is 1.98.